The van der Waals surface area contributed by atoms with Crippen molar-refractivity contribution in [1.29, 1.82) is 0 Å². The van der Waals surface area contributed by atoms with Crippen LogP contribution < -0.4 is 10.1 Å². The van der Waals surface area contributed by atoms with Gasteiger partial charge < -0.3 is 14.8 Å². The van der Waals surface area contributed by atoms with E-state index in [2.05, 4.69) is 5.32 Å². The highest BCUT2D eigenvalue weighted by molar-refractivity contribution is 5.95. The van der Waals surface area contributed by atoms with Gasteiger partial charge in [-0.15, -0.1) is 0 Å². The number of carbonyl (C=O) groups is 2. The van der Waals surface area contributed by atoms with Crippen LogP contribution in [0.25, 0.3) is 0 Å². The van der Waals surface area contributed by atoms with Crippen molar-refractivity contribution in [3.05, 3.63) is 59.4 Å². The average Bonchev–Trinajstić information content (AvgIpc) is 2.58. The zero-order valence-corrected chi connectivity index (χ0v) is 15.0. The van der Waals surface area contributed by atoms with Gasteiger partial charge in [-0.25, -0.2) is 4.39 Å². The molecule has 2 rings (SSSR count). The first-order valence-electron chi connectivity index (χ1n) is 8.31. The number of amides is 1. The summed E-state index contributed by atoms with van der Waals surface area (Å²) in [6, 6.07) is 11.8. The average molecular weight is 359 g/mol. The van der Waals surface area contributed by atoms with Crippen molar-refractivity contribution in [1.82, 2.24) is 0 Å². The van der Waals surface area contributed by atoms with E-state index in [1.165, 1.54) is 13.0 Å². The van der Waals surface area contributed by atoms with Gasteiger partial charge in [0.15, 0.2) is 6.10 Å². The summed E-state index contributed by atoms with van der Waals surface area (Å²) in [6.07, 6.45) is -0.976. The Morgan fingerprint density at radius 2 is 1.92 bits per heavy atom. The Bertz CT molecular complexity index is 791. The maximum absolute atomic E-state index is 13.5. The van der Waals surface area contributed by atoms with E-state index in [-0.39, 0.29) is 13.0 Å². The normalized spacial score (nSPS) is 11.5. The van der Waals surface area contributed by atoms with Gasteiger partial charge in [0, 0.05) is 5.69 Å². The molecule has 1 amide bonds. The summed E-state index contributed by atoms with van der Waals surface area (Å²) < 4.78 is 24.0. The Morgan fingerprint density at radius 1 is 1.15 bits per heavy atom. The lowest BCUT2D eigenvalue weighted by molar-refractivity contribution is -0.153. The molecule has 0 heterocycles. The number of anilines is 1. The molecule has 0 radical (unpaired) electrons. The van der Waals surface area contributed by atoms with Crippen LogP contribution in [0.4, 0.5) is 10.1 Å². The lowest BCUT2D eigenvalue weighted by Gasteiger charge is -2.14. The molecule has 0 saturated heterocycles. The predicted octanol–water partition coefficient (Wildman–Crippen LogP) is 3.78. The van der Waals surface area contributed by atoms with Gasteiger partial charge in [-0.05, 0) is 56.2 Å². The van der Waals surface area contributed by atoms with Gasteiger partial charge in [-0.2, -0.15) is 0 Å². The van der Waals surface area contributed by atoms with E-state index in [4.69, 9.17) is 9.47 Å². The molecule has 0 saturated carbocycles. The number of ether oxygens (including phenoxy) is 2. The number of rotatable bonds is 7. The zero-order valence-electron chi connectivity index (χ0n) is 15.0. The minimum absolute atomic E-state index is 0.0186. The van der Waals surface area contributed by atoms with Crippen LogP contribution >= 0.6 is 0 Å². The largest absolute Gasteiger partial charge is 0.493 e. The number of esters is 1. The Kier molecular flexibility index (Phi) is 6.72. The van der Waals surface area contributed by atoms with Crippen molar-refractivity contribution < 1.29 is 23.5 Å². The van der Waals surface area contributed by atoms with Crippen molar-refractivity contribution in [3.8, 4) is 5.75 Å². The van der Waals surface area contributed by atoms with E-state index in [1.807, 2.05) is 25.1 Å². The lowest BCUT2D eigenvalue weighted by atomic mass is 10.2. The second-order valence-corrected chi connectivity index (χ2v) is 6.00. The van der Waals surface area contributed by atoms with Gasteiger partial charge >= 0.3 is 5.97 Å². The predicted molar refractivity (Wildman–Crippen MR) is 96.6 cm³/mol. The zero-order chi connectivity index (χ0) is 19.1. The van der Waals surface area contributed by atoms with Crippen LogP contribution in [0.1, 0.15) is 24.5 Å². The van der Waals surface area contributed by atoms with E-state index in [1.54, 1.807) is 25.1 Å². The second kappa shape index (κ2) is 8.99. The lowest BCUT2D eigenvalue weighted by Crippen LogP contribution is -2.30. The molecule has 6 heteroatoms. The van der Waals surface area contributed by atoms with E-state index in [0.717, 1.165) is 5.56 Å². The van der Waals surface area contributed by atoms with E-state index < -0.39 is 23.8 Å². The number of benzene rings is 2. The highest BCUT2D eigenvalue weighted by atomic mass is 19.1. The maximum atomic E-state index is 13.5. The van der Waals surface area contributed by atoms with E-state index in [0.29, 0.717) is 17.0 Å². The molecule has 0 unspecified atom stereocenters. The smallest absolute Gasteiger partial charge is 0.310 e. The summed E-state index contributed by atoms with van der Waals surface area (Å²) in [6.45, 7) is 5.19. The quantitative estimate of drug-likeness (QED) is 0.764. The third-order valence-corrected chi connectivity index (χ3v) is 3.68. The number of nitrogens with one attached hydrogen (secondary N) is 1. The van der Waals surface area contributed by atoms with Crippen molar-refractivity contribution >= 4 is 17.6 Å². The molecule has 0 aliphatic carbocycles. The standard InChI is InChI=1S/C20H22FNO4/c1-13-5-4-6-17(11-13)25-10-9-19(23)26-15(3)20(24)22-16-8-7-14(2)18(21)12-16/h4-8,11-12,15H,9-10H2,1-3H3,(H,22,24)/t15-/m1/s1. The Balaban J connectivity index is 1.76. The molecule has 2 aromatic carbocycles. The summed E-state index contributed by atoms with van der Waals surface area (Å²) in [5.41, 5.74) is 1.85. The van der Waals surface area contributed by atoms with Gasteiger partial charge in [0.2, 0.25) is 0 Å². The Morgan fingerprint density at radius 3 is 2.62 bits per heavy atom. The minimum Gasteiger partial charge on any atom is -0.493 e. The number of carbonyl (C=O) groups excluding carboxylic acids is 2. The van der Waals surface area contributed by atoms with E-state index >= 15 is 0 Å². The number of aryl methyl sites for hydroxylation is 2. The van der Waals surface area contributed by atoms with Crippen molar-refractivity contribution in [3.63, 3.8) is 0 Å². The third-order valence-electron chi connectivity index (χ3n) is 3.68. The number of hydrogen-bond acceptors (Lipinski definition) is 4. The molecule has 0 fully saturated rings. The molecule has 0 aliphatic heterocycles. The molecule has 0 aliphatic rings. The molecule has 5 nitrogen and oxygen atoms in total. The van der Waals surface area contributed by atoms with Crippen LogP contribution in [0.3, 0.4) is 0 Å². The monoisotopic (exact) mass is 359 g/mol. The fraction of sp³-hybridized carbons (Fsp3) is 0.300. The summed E-state index contributed by atoms with van der Waals surface area (Å²) in [7, 11) is 0. The summed E-state index contributed by atoms with van der Waals surface area (Å²) in [4.78, 5) is 23.9. The Labute approximate surface area is 152 Å². The first kappa shape index (κ1) is 19.4. The van der Waals surface area contributed by atoms with Gasteiger partial charge in [0.1, 0.15) is 11.6 Å². The summed E-state index contributed by atoms with van der Waals surface area (Å²) in [5, 5.41) is 2.52. The highest BCUT2D eigenvalue weighted by Gasteiger charge is 2.18. The molecule has 0 bridgehead atoms. The molecule has 1 N–H and O–H groups in total. The van der Waals surface area contributed by atoms with Gasteiger partial charge in [-0.1, -0.05) is 18.2 Å². The van der Waals surface area contributed by atoms with Crippen LogP contribution in [-0.2, 0) is 14.3 Å². The van der Waals surface area contributed by atoms with Crippen molar-refractivity contribution in [2.75, 3.05) is 11.9 Å². The first-order valence-corrected chi connectivity index (χ1v) is 8.31. The van der Waals surface area contributed by atoms with Crippen molar-refractivity contribution in [2.45, 2.75) is 33.3 Å². The Hall–Kier alpha value is -2.89. The van der Waals surface area contributed by atoms with Crippen LogP contribution in [0.5, 0.6) is 5.75 Å². The molecule has 26 heavy (non-hydrogen) atoms. The van der Waals surface area contributed by atoms with Crippen LogP contribution in [0.15, 0.2) is 42.5 Å². The molecule has 2 aromatic rings. The maximum Gasteiger partial charge on any atom is 0.310 e. The fourth-order valence-corrected chi connectivity index (χ4v) is 2.18. The van der Waals surface area contributed by atoms with E-state index in [9.17, 15) is 14.0 Å². The molecular weight excluding hydrogens is 337 g/mol. The number of hydrogen-bond donors (Lipinski definition) is 1. The van der Waals surface area contributed by atoms with Gasteiger partial charge in [0.25, 0.3) is 5.91 Å². The minimum atomic E-state index is -0.995. The summed E-state index contributed by atoms with van der Waals surface area (Å²) in [5.74, 6) is -0.817. The molecule has 138 valence electrons. The van der Waals surface area contributed by atoms with Crippen LogP contribution in [-0.4, -0.2) is 24.6 Å². The van der Waals surface area contributed by atoms with Crippen LogP contribution in [0, 0.1) is 19.7 Å². The molecule has 1 atom stereocenters. The first-order chi connectivity index (χ1) is 12.3. The number of halogens is 1. The topological polar surface area (TPSA) is 64.6 Å². The van der Waals surface area contributed by atoms with Crippen LogP contribution in [0.2, 0.25) is 0 Å². The van der Waals surface area contributed by atoms with Gasteiger partial charge in [-0.3, -0.25) is 9.59 Å². The SMILES string of the molecule is Cc1cccc(OCCC(=O)O[C@H](C)C(=O)Nc2ccc(C)c(F)c2)c1. The van der Waals surface area contributed by atoms with Gasteiger partial charge in [0.05, 0.1) is 13.0 Å². The molecular formula is C20H22FNO4. The fourth-order valence-electron chi connectivity index (χ4n) is 2.18. The molecule has 0 aromatic heterocycles. The molecule has 0 spiro atoms. The summed E-state index contributed by atoms with van der Waals surface area (Å²) >= 11 is 0. The highest BCUT2D eigenvalue weighted by Crippen LogP contribution is 2.15. The second-order valence-electron chi connectivity index (χ2n) is 6.00. The van der Waals surface area contributed by atoms with Crippen molar-refractivity contribution in [2.24, 2.45) is 0 Å². The third kappa shape index (κ3) is 5.88.